The third-order valence-corrected chi connectivity index (χ3v) is 2.79. The van der Waals surface area contributed by atoms with Gasteiger partial charge in [0.1, 0.15) is 6.04 Å². The van der Waals surface area contributed by atoms with Gasteiger partial charge in [0.2, 0.25) is 0 Å². The maximum Gasteiger partial charge on any atom is 0.326 e. The van der Waals surface area contributed by atoms with Gasteiger partial charge in [0.15, 0.2) is 0 Å². The van der Waals surface area contributed by atoms with Crippen molar-refractivity contribution < 1.29 is 24.6 Å². The van der Waals surface area contributed by atoms with Gasteiger partial charge in [-0.1, -0.05) is 13.8 Å². The number of urea groups is 1. The molecule has 0 fully saturated rings. The van der Waals surface area contributed by atoms with Crippen LogP contribution in [-0.2, 0) is 9.59 Å². The van der Waals surface area contributed by atoms with Gasteiger partial charge in [-0.05, 0) is 12.8 Å². The van der Waals surface area contributed by atoms with Gasteiger partial charge in [-0.2, -0.15) is 0 Å². The van der Waals surface area contributed by atoms with Gasteiger partial charge < -0.3 is 20.4 Å². The van der Waals surface area contributed by atoms with Crippen molar-refractivity contribution in [2.45, 2.75) is 45.2 Å². The number of carbonyl (C=O) groups excluding carboxylic acids is 1. The highest BCUT2D eigenvalue weighted by molar-refractivity contribution is 5.86. The van der Waals surface area contributed by atoms with Crippen molar-refractivity contribution in [3.8, 4) is 0 Å². The minimum Gasteiger partial charge on any atom is -0.481 e. The van der Waals surface area contributed by atoms with Crippen LogP contribution in [0.25, 0.3) is 0 Å². The van der Waals surface area contributed by atoms with Crippen molar-refractivity contribution in [3.63, 3.8) is 0 Å². The molecule has 0 radical (unpaired) electrons. The number of carbonyl (C=O) groups is 3. The summed E-state index contributed by atoms with van der Waals surface area (Å²) < 4.78 is 0. The third kappa shape index (κ3) is 5.03. The van der Waals surface area contributed by atoms with E-state index in [0.29, 0.717) is 0 Å². The van der Waals surface area contributed by atoms with Crippen LogP contribution in [0.1, 0.15) is 33.1 Å². The number of hydrogen-bond acceptors (Lipinski definition) is 3. The Bertz CT molecular complexity index is 315. The molecule has 0 heterocycles. The summed E-state index contributed by atoms with van der Waals surface area (Å²) in [6, 6.07) is -1.98. The summed E-state index contributed by atoms with van der Waals surface area (Å²) in [6.45, 7) is 3.84. The molecule has 0 aromatic carbocycles. The first-order chi connectivity index (χ1) is 8.33. The Balaban J connectivity index is 4.59. The lowest BCUT2D eigenvalue weighted by molar-refractivity contribution is -0.145. The van der Waals surface area contributed by atoms with E-state index in [9.17, 15) is 14.4 Å². The average Bonchev–Trinajstić information content (AvgIpc) is 2.28. The van der Waals surface area contributed by atoms with E-state index in [2.05, 4.69) is 5.32 Å². The largest absolute Gasteiger partial charge is 0.481 e. The van der Waals surface area contributed by atoms with Gasteiger partial charge >= 0.3 is 18.0 Å². The molecule has 0 aliphatic carbocycles. The maximum absolute atomic E-state index is 11.8. The minimum absolute atomic E-state index is 0.00396. The van der Waals surface area contributed by atoms with E-state index in [1.165, 1.54) is 4.90 Å². The lowest BCUT2D eigenvalue weighted by Gasteiger charge is -2.27. The highest BCUT2D eigenvalue weighted by Crippen LogP contribution is 2.06. The molecule has 0 saturated carbocycles. The molecule has 0 rings (SSSR count). The van der Waals surface area contributed by atoms with Crippen molar-refractivity contribution in [2.24, 2.45) is 0 Å². The predicted molar refractivity (Wildman–Crippen MR) is 64.3 cm³/mol. The molecular formula is C11H20N2O5. The molecule has 1 unspecified atom stereocenters. The highest BCUT2D eigenvalue weighted by atomic mass is 16.4. The Hall–Kier alpha value is -1.79. The van der Waals surface area contributed by atoms with Crippen molar-refractivity contribution in [3.05, 3.63) is 0 Å². The molecule has 0 saturated heterocycles. The molecule has 2 amide bonds. The second-order valence-electron chi connectivity index (χ2n) is 4.02. The number of carboxylic acids is 2. The number of nitrogens with zero attached hydrogens (tertiary/aromatic N) is 1. The lowest BCUT2D eigenvalue weighted by atomic mass is 10.1. The summed E-state index contributed by atoms with van der Waals surface area (Å²) in [5.74, 6) is -2.63. The standard InChI is InChI=1S/C11H20N2O5/c1-4-7(5-2)13(3)11(18)12-8(10(16)17)6-9(14)15/h7-8H,4-6H2,1-3H3,(H,12,18)(H,14,15)(H,16,17). The van der Waals surface area contributed by atoms with E-state index < -0.39 is 30.4 Å². The van der Waals surface area contributed by atoms with E-state index >= 15 is 0 Å². The molecule has 0 bridgehead atoms. The van der Waals surface area contributed by atoms with Crippen LogP contribution < -0.4 is 5.32 Å². The Morgan fingerprint density at radius 3 is 2.00 bits per heavy atom. The van der Waals surface area contributed by atoms with Crippen LogP contribution in [0, 0.1) is 0 Å². The quantitative estimate of drug-likeness (QED) is 0.626. The van der Waals surface area contributed by atoms with Gasteiger partial charge in [0, 0.05) is 13.1 Å². The van der Waals surface area contributed by atoms with Crippen molar-refractivity contribution in [1.29, 1.82) is 0 Å². The van der Waals surface area contributed by atoms with E-state index in [4.69, 9.17) is 10.2 Å². The first kappa shape index (κ1) is 16.2. The van der Waals surface area contributed by atoms with Crippen LogP contribution in [0.4, 0.5) is 4.79 Å². The van der Waals surface area contributed by atoms with E-state index in [-0.39, 0.29) is 6.04 Å². The number of aliphatic carboxylic acids is 2. The molecule has 104 valence electrons. The fourth-order valence-electron chi connectivity index (χ4n) is 1.63. The van der Waals surface area contributed by atoms with Crippen molar-refractivity contribution >= 4 is 18.0 Å². The molecule has 3 N–H and O–H groups in total. The molecule has 7 nitrogen and oxygen atoms in total. The molecule has 0 aliphatic rings. The molecule has 1 atom stereocenters. The molecule has 7 heteroatoms. The van der Waals surface area contributed by atoms with Crippen LogP contribution in [0.3, 0.4) is 0 Å². The Morgan fingerprint density at radius 1 is 1.17 bits per heavy atom. The number of nitrogens with one attached hydrogen (secondary N) is 1. The van der Waals surface area contributed by atoms with Crippen molar-refractivity contribution in [1.82, 2.24) is 10.2 Å². The van der Waals surface area contributed by atoms with Gasteiger partial charge in [-0.15, -0.1) is 0 Å². The molecular weight excluding hydrogens is 240 g/mol. The summed E-state index contributed by atoms with van der Waals surface area (Å²) in [7, 11) is 1.56. The second-order valence-corrected chi connectivity index (χ2v) is 4.02. The topological polar surface area (TPSA) is 107 Å². The Labute approximate surface area is 106 Å². The van der Waals surface area contributed by atoms with E-state index in [0.717, 1.165) is 12.8 Å². The van der Waals surface area contributed by atoms with Crippen LogP contribution in [-0.4, -0.2) is 52.2 Å². The smallest absolute Gasteiger partial charge is 0.326 e. The summed E-state index contributed by atoms with van der Waals surface area (Å²) in [4.78, 5) is 34.4. The minimum atomic E-state index is -1.41. The van der Waals surface area contributed by atoms with Crippen molar-refractivity contribution in [2.75, 3.05) is 7.05 Å². The molecule has 0 aromatic heterocycles. The SMILES string of the molecule is CCC(CC)N(C)C(=O)NC(CC(=O)O)C(=O)O. The zero-order valence-corrected chi connectivity index (χ0v) is 10.8. The van der Waals surface area contributed by atoms with Crippen LogP contribution in [0.15, 0.2) is 0 Å². The highest BCUT2D eigenvalue weighted by Gasteiger charge is 2.26. The molecule has 0 aliphatic heterocycles. The van der Waals surface area contributed by atoms with Gasteiger partial charge in [-0.25, -0.2) is 9.59 Å². The zero-order valence-electron chi connectivity index (χ0n) is 10.8. The number of amides is 2. The predicted octanol–water partition coefficient (Wildman–Crippen LogP) is 0.744. The Morgan fingerprint density at radius 2 is 1.67 bits per heavy atom. The second kappa shape index (κ2) is 7.52. The normalized spacial score (nSPS) is 12.0. The van der Waals surface area contributed by atoms with Crippen LogP contribution in [0.2, 0.25) is 0 Å². The van der Waals surface area contributed by atoms with E-state index in [1.807, 2.05) is 13.8 Å². The van der Waals surface area contributed by atoms with Crippen LogP contribution in [0.5, 0.6) is 0 Å². The molecule has 0 aromatic rings. The van der Waals surface area contributed by atoms with Gasteiger partial charge in [-0.3, -0.25) is 4.79 Å². The number of rotatable bonds is 7. The number of carboxylic acid groups (broad SMARTS) is 2. The van der Waals surface area contributed by atoms with Gasteiger partial charge in [0.05, 0.1) is 6.42 Å². The average molecular weight is 260 g/mol. The monoisotopic (exact) mass is 260 g/mol. The first-order valence-electron chi connectivity index (χ1n) is 5.81. The maximum atomic E-state index is 11.8. The summed E-state index contributed by atoms with van der Waals surface area (Å²) >= 11 is 0. The number of hydrogen-bond donors (Lipinski definition) is 3. The lowest BCUT2D eigenvalue weighted by Crippen LogP contribution is -2.50. The molecule has 18 heavy (non-hydrogen) atoms. The van der Waals surface area contributed by atoms with Gasteiger partial charge in [0.25, 0.3) is 0 Å². The summed E-state index contributed by atoms with van der Waals surface area (Å²) in [5.41, 5.74) is 0. The fraction of sp³-hybridized carbons (Fsp3) is 0.727. The first-order valence-corrected chi connectivity index (χ1v) is 5.81. The summed E-state index contributed by atoms with van der Waals surface area (Å²) in [6.07, 6.45) is 0.853. The van der Waals surface area contributed by atoms with Crippen LogP contribution >= 0.6 is 0 Å². The zero-order chi connectivity index (χ0) is 14.3. The summed E-state index contributed by atoms with van der Waals surface area (Å²) in [5, 5.41) is 19.6. The molecule has 0 spiro atoms. The fourth-order valence-corrected chi connectivity index (χ4v) is 1.63. The third-order valence-electron chi connectivity index (χ3n) is 2.79. The van der Waals surface area contributed by atoms with E-state index in [1.54, 1.807) is 7.05 Å². The Kier molecular flexibility index (Phi) is 6.77.